The van der Waals surface area contributed by atoms with Crippen molar-refractivity contribution in [3.8, 4) is 17.1 Å². The third-order valence-corrected chi connectivity index (χ3v) is 4.71. The minimum Gasteiger partial charge on any atom is -0.460 e. The molecule has 140 valence electrons. The number of likely N-dealkylation sites (tertiary alicyclic amines) is 1. The van der Waals surface area contributed by atoms with Crippen LogP contribution < -0.4 is 4.74 Å². The zero-order chi connectivity index (χ0) is 18.8. The fourth-order valence-corrected chi connectivity index (χ4v) is 3.17. The van der Waals surface area contributed by atoms with Crippen LogP contribution in [-0.4, -0.2) is 59.5 Å². The third kappa shape index (κ3) is 3.67. The van der Waals surface area contributed by atoms with Crippen LogP contribution in [0.5, 0.6) is 6.01 Å². The Kier molecular flexibility index (Phi) is 4.57. The Morgan fingerprint density at radius 1 is 1.07 bits per heavy atom. The molecule has 0 N–H and O–H groups in total. The van der Waals surface area contributed by atoms with Crippen molar-refractivity contribution in [2.75, 3.05) is 13.1 Å². The first-order valence-electron chi connectivity index (χ1n) is 8.85. The molecule has 9 nitrogen and oxygen atoms in total. The van der Waals surface area contributed by atoms with E-state index in [0.29, 0.717) is 24.8 Å². The normalized spacial score (nSPS) is 15.1. The second-order valence-corrected chi connectivity index (χ2v) is 6.61. The molecule has 1 amide bonds. The maximum atomic E-state index is 12.5. The molecule has 4 rings (SSSR count). The molecule has 27 heavy (non-hydrogen) atoms. The Balaban J connectivity index is 1.33. The molecule has 0 radical (unpaired) electrons. The Morgan fingerprint density at radius 3 is 2.41 bits per heavy atom. The first-order valence-corrected chi connectivity index (χ1v) is 8.85. The van der Waals surface area contributed by atoms with E-state index in [-0.39, 0.29) is 12.0 Å². The molecule has 3 aromatic rings. The lowest BCUT2D eigenvalue weighted by Gasteiger charge is -2.31. The number of aryl methyl sites for hydroxylation is 2. The zero-order valence-electron chi connectivity index (χ0n) is 15.3. The third-order valence-electron chi connectivity index (χ3n) is 4.71. The van der Waals surface area contributed by atoms with Crippen molar-refractivity contribution < 1.29 is 9.53 Å². The van der Waals surface area contributed by atoms with E-state index in [9.17, 15) is 4.79 Å². The first-order chi connectivity index (χ1) is 13.1. The van der Waals surface area contributed by atoms with Crippen LogP contribution in [0.3, 0.4) is 0 Å². The number of hydrogen-bond donors (Lipinski definition) is 0. The van der Waals surface area contributed by atoms with Gasteiger partial charge in [0.1, 0.15) is 11.8 Å². The number of piperidine rings is 1. The summed E-state index contributed by atoms with van der Waals surface area (Å²) >= 11 is 0. The number of carbonyl (C=O) groups is 1. The summed E-state index contributed by atoms with van der Waals surface area (Å²) in [5.74, 6) is 0.00511. The van der Waals surface area contributed by atoms with Crippen LogP contribution in [0.15, 0.2) is 37.1 Å². The highest BCUT2D eigenvalue weighted by atomic mass is 16.5. The highest BCUT2D eigenvalue weighted by molar-refractivity contribution is 5.92. The van der Waals surface area contributed by atoms with Gasteiger partial charge in [-0.1, -0.05) is 0 Å². The number of carbonyl (C=O) groups excluding carboxylic acids is 1. The number of hydrogen-bond acceptors (Lipinski definition) is 6. The van der Waals surface area contributed by atoms with Gasteiger partial charge in [0.05, 0.1) is 6.20 Å². The maximum Gasteiger partial charge on any atom is 0.316 e. The predicted molar refractivity (Wildman–Crippen MR) is 97.0 cm³/mol. The molecule has 1 aliphatic heterocycles. The molecule has 0 aliphatic carbocycles. The smallest absolute Gasteiger partial charge is 0.316 e. The largest absolute Gasteiger partial charge is 0.460 e. The van der Waals surface area contributed by atoms with E-state index in [2.05, 4.69) is 20.2 Å². The first kappa shape index (κ1) is 17.2. The predicted octanol–water partition coefficient (Wildman–Crippen LogP) is 1.29. The van der Waals surface area contributed by atoms with E-state index in [1.165, 1.54) is 0 Å². The summed E-state index contributed by atoms with van der Waals surface area (Å²) in [4.78, 5) is 23.0. The molecule has 0 spiro atoms. The fourth-order valence-electron chi connectivity index (χ4n) is 3.17. The van der Waals surface area contributed by atoms with Gasteiger partial charge in [-0.25, -0.2) is 9.97 Å². The number of nitrogens with zero attached hydrogens (tertiary/aromatic N) is 7. The van der Waals surface area contributed by atoms with Crippen LogP contribution in [0.25, 0.3) is 11.1 Å². The second kappa shape index (κ2) is 7.18. The minimum atomic E-state index is 0.00447. The lowest BCUT2D eigenvalue weighted by Crippen LogP contribution is -2.42. The van der Waals surface area contributed by atoms with Crippen LogP contribution >= 0.6 is 0 Å². The van der Waals surface area contributed by atoms with Crippen molar-refractivity contribution in [2.24, 2.45) is 14.1 Å². The molecule has 1 fully saturated rings. The van der Waals surface area contributed by atoms with E-state index in [4.69, 9.17) is 4.74 Å². The maximum absolute atomic E-state index is 12.5. The molecule has 0 unspecified atom stereocenters. The van der Waals surface area contributed by atoms with Gasteiger partial charge in [-0.15, -0.1) is 0 Å². The van der Waals surface area contributed by atoms with E-state index in [0.717, 1.165) is 24.0 Å². The fraction of sp³-hybridized carbons (Fsp3) is 0.389. The molecular formula is C18H21N7O2. The van der Waals surface area contributed by atoms with Gasteiger partial charge < -0.3 is 9.64 Å². The van der Waals surface area contributed by atoms with Gasteiger partial charge in [0, 0.05) is 75.9 Å². The second-order valence-electron chi connectivity index (χ2n) is 6.61. The van der Waals surface area contributed by atoms with E-state index in [1.54, 1.807) is 47.3 Å². The van der Waals surface area contributed by atoms with Crippen LogP contribution in [0.2, 0.25) is 0 Å². The van der Waals surface area contributed by atoms with Gasteiger partial charge in [0.15, 0.2) is 0 Å². The molecule has 0 saturated carbocycles. The standard InChI is InChI=1S/C18H21N7O2/c1-23-12-14(11-22-23)13-9-19-18(20-10-13)27-15-4-7-25(8-5-15)17(26)16-3-6-21-24(16)2/h3,6,9-12,15H,4-5,7-8H2,1-2H3. The summed E-state index contributed by atoms with van der Waals surface area (Å²) in [6.45, 7) is 1.28. The van der Waals surface area contributed by atoms with Gasteiger partial charge in [0.25, 0.3) is 5.91 Å². The molecule has 0 atom stereocenters. The van der Waals surface area contributed by atoms with Gasteiger partial charge in [-0.3, -0.25) is 14.2 Å². The Bertz CT molecular complexity index is 923. The number of aromatic nitrogens is 6. The van der Waals surface area contributed by atoms with Crippen LogP contribution in [-0.2, 0) is 14.1 Å². The topological polar surface area (TPSA) is 91.0 Å². The van der Waals surface area contributed by atoms with Crippen LogP contribution in [0, 0.1) is 0 Å². The number of ether oxygens (including phenoxy) is 1. The average molecular weight is 367 g/mol. The summed E-state index contributed by atoms with van der Waals surface area (Å²) in [6.07, 6.45) is 10.3. The highest BCUT2D eigenvalue weighted by Crippen LogP contribution is 2.20. The summed E-state index contributed by atoms with van der Waals surface area (Å²) in [5.41, 5.74) is 2.46. The Labute approximate surface area is 156 Å². The van der Waals surface area contributed by atoms with E-state index >= 15 is 0 Å². The van der Waals surface area contributed by atoms with Crippen molar-refractivity contribution in [1.82, 2.24) is 34.4 Å². The van der Waals surface area contributed by atoms with Crippen LogP contribution in [0.1, 0.15) is 23.3 Å². The van der Waals surface area contributed by atoms with Gasteiger partial charge in [-0.05, 0) is 6.07 Å². The SMILES string of the molecule is Cn1cc(-c2cnc(OC3CCN(C(=O)c4ccnn4C)CC3)nc2)cn1. The molecule has 0 aromatic carbocycles. The van der Waals surface area contributed by atoms with Crippen molar-refractivity contribution in [3.63, 3.8) is 0 Å². The number of rotatable bonds is 4. The van der Waals surface area contributed by atoms with Crippen molar-refractivity contribution in [3.05, 3.63) is 42.7 Å². The quantitative estimate of drug-likeness (QED) is 0.690. The summed E-state index contributed by atoms with van der Waals surface area (Å²) < 4.78 is 9.23. The molecule has 0 bridgehead atoms. The van der Waals surface area contributed by atoms with Crippen LogP contribution in [0.4, 0.5) is 0 Å². The molecular weight excluding hydrogens is 346 g/mol. The molecule has 4 heterocycles. The highest BCUT2D eigenvalue weighted by Gasteiger charge is 2.26. The minimum absolute atomic E-state index is 0.00447. The van der Waals surface area contributed by atoms with Crippen molar-refractivity contribution in [2.45, 2.75) is 18.9 Å². The van der Waals surface area contributed by atoms with Gasteiger partial charge >= 0.3 is 6.01 Å². The molecule has 1 aliphatic rings. The van der Waals surface area contributed by atoms with Crippen molar-refractivity contribution >= 4 is 5.91 Å². The van der Waals surface area contributed by atoms with E-state index in [1.807, 2.05) is 18.1 Å². The van der Waals surface area contributed by atoms with Crippen molar-refractivity contribution in [1.29, 1.82) is 0 Å². The lowest BCUT2D eigenvalue weighted by atomic mass is 10.1. The van der Waals surface area contributed by atoms with E-state index < -0.39 is 0 Å². The molecule has 3 aromatic heterocycles. The number of amides is 1. The van der Waals surface area contributed by atoms with Gasteiger partial charge in [0.2, 0.25) is 0 Å². The Hall–Kier alpha value is -3.23. The molecule has 9 heteroatoms. The lowest BCUT2D eigenvalue weighted by molar-refractivity contribution is 0.0569. The summed E-state index contributed by atoms with van der Waals surface area (Å²) in [7, 11) is 3.64. The zero-order valence-corrected chi connectivity index (χ0v) is 15.3. The summed E-state index contributed by atoms with van der Waals surface area (Å²) in [6, 6.07) is 2.10. The van der Waals surface area contributed by atoms with Gasteiger partial charge in [-0.2, -0.15) is 10.2 Å². The Morgan fingerprint density at radius 2 is 1.81 bits per heavy atom. The molecule has 1 saturated heterocycles. The average Bonchev–Trinajstić information content (AvgIpc) is 3.31. The summed E-state index contributed by atoms with van der Waals surface area (Å²) in [5, 5.41) is 8.20. The monoisotopic (exact) mass is 367 g/mol.